The summed E-state index contributed by atoms with van der Waals surface area (Å²) in [6.45, 7) is 1.78. The van der Waals surface area contributed by atoms with Crippen molar-refractivity contribution in [1.82, 2.24) is 25.1 Å². The largest absolute Gasteiger partial charge is 0.342 e. The van der Waals surface area contributed by atoms with Crippen LogP contribution in [0.3, 0.4) is 0 Å². The van der Waals surface area contributed by atoms with Gasteiger partial charge in [0.15, 0.2) is 11.6 Å². The van der Waals surface area contributed by atoms with E-state index in [2.05, 4.69) is 24.7 Å². The van der Waals surface area contributed by atoms with Gasteiger partial charge in [-0.25, -0.2) is 14.2 Å². The fourth-order valence-corrected chi connectivity index (χ4v) is 3.70. The van der Waals surface area contributed by atoms with Gasteiger partial charge in [-0.1, -0.05) is 23.2 Å². The van der Waals surface area contributed by atoms with Gasteiger partial charge in [-0.3, -0.25) is 4.79 Å². The molecule has 0 unspecified atom stereocenters. The highest BCUT2D eigenvalue weighted by atomic mass is 35.5. The van der Waals surface area contributed by atoms with Crippen molar-refractivity contribution in [3.05, 3.63) is 64.3 Å². The molecule has 0 aliphatic rings. The zero-order valence-corrected chi connectivity index (χ0v) is 18.2. The molecule has 2 heterocycles. The summed E-state index contributed by atoms with van der Waals surface area (Å²) in [5.74, 6) is 0.625. The monoisotopic (exact) mass is 452 g/mol. The SMILES string of the molecule is C[C@H](NC(=O)c1cc(Cl)cc(Cl)c1)c1ncnn1-c1ccc(N=S(C)(C)=O)cn1. The molecule has 29 heavy (non-hydrogen) atoms. The number of amides is 1. The molecule has 1 aromatic carbocycles. The van der Waals surface area contributed by atoms with Crippen LogP contribution in [-0.2, 0) is 9.73 Å². The lowest BCUT2D eigenvalue weighted by Crippen LogP contribution is -2.28. The molecule has 1 atom stereocenters. The van der Waals surface area contributed by atoms with Crippen molar-refractivity contribution in [3.63, 3.8) is 0 Å². The maximum absolute atomic E-state index is 12.5. The van der Waals surface area contributed by atoms with Crippen molar-refractivity contribution in [2.45, 2.75) is 13.0 Å². The van der Waals surface area contributed by atoms with E-state index >= 15 is 0 Å². The lowest BCUT2D eigenvalue weighted by molar-refractivity contribution is 0.0938. The minimum atomic E-state index is -2.28. The number of aromatic nitrogens is 4. The molecule has 0 bridgehead atoms. The Bertz CT molecular complexity index is 1140. The van der Waals surface area contributed by atoms with E-state index < -0.39 is 15.8 Å². The second-order valence-corrected chi connectivity index (χ2v) is 9.95. The molecule has 0 saturated heterocycles. The Morgan fingerprint density at radius 3 is 2.45 bits per heavy atom. The first-order chi connectivity index (χ1) is 13.6. The fourth-order valence-electron chi connectivity index (χ4n) is 2.56. The average molecular weight is 453 g/mol. The van der Waals surface area contributed by atoms with E-state index in [0.717, 1.165) is 0 Å². The van der Waals surface area contributed by atoms with Crippen LogP contribution in [0.1, 0.15) is 29.1 Å². The number of carbonyl (C=O) groups excluding carboxylic acids is 1. The highest BCUT2D eigenvalue weighted by molar-refractivity contribution is 7.92. The van der Waals surface area contributed by atoms with E-state index in [4.69, 9.17) is 23.2 Å². The van der Waals surface area contributed by atoms with Crippen molar-refractivity contribution in [2.75, 3.05) is 12.5 Å². The van der Waals surface area contributed by atoms with Crippen LogP contribution in [0.4, 0.5) is 5.69 Å². The Morgan fingerprint density at radius 2 is 1.86 bits per heavy atom. The summed E-state index contributed by atoms with van der Waals surface area (Å²) in [7, 11) is -2.28. The van der Waals surface area contributed by atoms with Crippen molar-refractivity contribution >= 4 is 44.5 Å². The molecule has 2 aromatic heterocycles. The molecule has 0 radical (unpaired) electrons. The molecule has 11 heteroatoms. The Balaban J connectivity index is 1.82. The molecule has 0 saturated carbocycles. The number of nitrogens with zero attached hydrogens (tertiary/aromatic N) is 5. The number of hydrogen-bond acceptors (Lipinski definition) is 6. The van der Waals surface area contributed by atoms with Gasteiger partial charge in [0, 0.05) is 37.8 Å². The highest BCUT2D eigenvalue weighted by Crippen LogP contribution is 2.21. The Labute approximate surface area is 178 Å². The van der Waals surface area contributed by atoms with Crippen LogP contribution < -0.4 is 5.32 Å². The third kappa shape index (κ3) is 5.53. The second kappa shape index (κ2) is 8.48. The molecule has 0 spiro atoms. The maximum atomic E-state index is 12.5. The van der Waals surface area contributed by atoms with Crippen LogP contribution >= 0.6 is 23.2 Å². The van der Waals surface area contributed by atoms with Gasteiger partial charge in [0.2, 0.25) is 0 Å². The van der Waals surface area contributed by atoms with Crippen LogP contribution in [0.5, 0.6) is 0 Å². The number of rotatable bonds is 5. The van der Waals surface area contributed by atoms with Crippen LogP contribution in [0, 0.1) is 0 Å². The predicted octanol–water partition coefficient (Wildman–Crippen LogP) is 3.82. The molecule has 152 valence electrons. The number of nitrogens with one attached hydrogen (secondary N) is 1. The molecule has 1 N–H and O–H groups in total. The van der Waals surface area contributed by atoms with E-state index in [1.807, 2.05) is 0 Å². The number of halogens is 2. The summed E-state index contributed by atoms with van der Waals surface area (Å²) < 4.78 is 17.4. The van der Waals surface area contributed by atoms with Gasteiger partial charge in [-0.2, -0.15) is 14.1 Å². The summed E-state index contributed by atoms with van der Waals surface area (Å²) in [6, 6.07) is 7.52. The van der Waals surface area contributed by atoms with Crippen molar-refractivity contribution in [1.29, 1.82) is 0 Å². The normalized spacial score (nSPS) is 12.4. The molecule has 0 fully saturated rings. The summed E-state index contributed by atoms with van der Waals surface area (Å²) >= 11 is 11.9. The lowest BCUT2D eigenvalue weighted by Gasteiger charge is -2.14. The first-order valence-corrected chi connectivity index (χ1v) is 11.5. The summed E-state index contributed by atoms with van der Waals surface area (Å²) in [5.41, 5.74) is 0.844. The number of carbonyl (C=O) groups is 1. The number of benzene rings is 1. The van der Waals surface area contributed by atoms with Gasteiger partial charge in [0.25, 0.3) is 5.91 Å². The smallest absolute Gasteiger partial charge is 0.251 e. The van der Waals surface area contributed by atoms with Gasteiger partial charge in [-0.05, 0) is 37.3 Å². The zero-order valence-electron chi connectivity index (χ0n) is 15.8. The first kappa shape index (κ1) is 21.2. The minimum absolute atomic E-state index is 0.340. The molecular formula is C18H18Cl2N6O2S. The quantitative estimate of drug-likeness (QED) is 0.633. The molecule has 0 aliphatic carbocycles. The third-order valence-electron chi connectivity index (χ3n) is 3.71. The number of hydrogen-bond donors (Lipinski definition) is 1. The Kier molecular flexibility index (Phi) is 6.21. The van der Waals surface area contributed by atoms with Crippen LogP contribution in [0.15, 0.2) is 47.2 Å². The predicted molar refractivity (Wildman–Crippen MR) is 114 cm³/mol. The van der Waals surface area contributed by atoms with Gasteiger partial charge < -0.3 is 5.32 Å². The van der Waals surface area contributed by atoms with E-state index in [0.29, 0.717) is 32.9 Å². The molecule has 3 rings (SSSR count). The zero-order chi connectivity index (χ0) is 21.2. The molecule has 3 aromatic rings. The van der Waals surface area contributed by atoms with Crippen molar-refractivity contribution in [2.24, 2.45) is 4.36 Å². The summed E-state index contributed by atoms with van der Waals surface area (Å²) in [4.78, 5) is 21.1. The third-order valence-corrected chi connectivity index (χ3v) is 4.80. The van der Waals surface area contributed by atoms with Crippen LogP contribution in [-0.4, -0.2) is 42.4 Å². The molecule has 8 nitrogen and oxygen atoms in total. The lowest BCUT2D eigenvalue weighted by atomic mass is 10.2. The topological polar surface area (TPSA) is 102 Å². The van der Waals surface area contributed by atoms with Gasteiger partial charge >= 0.3 is 0 Å². The van der Waals surface area contributed by atoms with E-state index in [9.17, 15) is 9.00 Å². The van der Waals surface area contributed by atoms with E-state index in [1.54, 1.807) is 37.6 Å². The van der Waals surface area contributed by atoms with E-state index in [1.165, 1.54) is 29.3 Å². The van der Waals surface area contributed by atoms with Gasteiger partial charge in [0.05, 0.1) is 17.9 Å². The van der Waals surface area contributed by atoms with Crippen LogP contribution in [0.2, 0.25) is 10.0 Å². The highest BCUT2D eigenvalue weighted by Gasteiger charge is 2.18. The Morgan fingerprint density at radius 1 is 1.17 bits per heavy atom. The molecule has 0 aliphatic heterocycles. The first-order valence-electron chi connectivity index (χ1n) is 8.43. The van der Waals surface area contributed by atoms with Crippen molar-refractivity contribution < 1.29 is 9.00 Å². The number of pyridine rings is 1. The second-order valence-electron chi connectivity index (χ2n) is 6.53. The fraction of sp³-hybridized carbons (Fsp3) is 0.222. The van der Waals surface area contributed by atoms with Gasteiger partial charge in [-0.15, -0.1) is 0 Å². The molecule has 1 amide bonds. The average Bonchev–Trinajstić information content (AvgIpc) is 3.10. The van der Waals surface area contributed by atoms with E-state index in [-0.39, 0.29) is 5.91 Å². The van der Waals surface area contributed by atoms with Crippen LogP contribution in [0.25, 0.3) is 5.82 Å². The summed E-state index contributed by atoms with van der Waals surface area (Å²) in [5, 5.41) is 7.77. The standard InChI is InChI=1S/C18H18Cl2N6O2S/c1-11(24-18(27)12-6-13(19)8-14(20)7-12)17-22-10-23-26(17)16-5-4-15(9-21-16)25-29(2,3)28/h4-11H,1-3H3,(H,24,27)/t11-/m0/s1. The van der Waals surface area contributed by atoms with Gasteiger partial charge in [0.1, 0.15) is 6.33 Å². The minimum Gasteiger partial charge on any atom is -0.342 e. The summed E-state index contributed by atoms with van der Waals surface area (Å²) in [6.07, 6.45) is 5.98. The maximum Gasteiger partial charge on any atom is 0.251 e. The van der Waals surface area contributed by atoms with Crippen molar-refractivity contribution in [3.8, 4) is 5.82 Å². The Hall–Kier alpha value is -2.49. The molecular weight excluding hydrogens is 435 g/mol.